The van der Waals surface area contributed by atoms with E-state index in [0.29, 0.717) is 5.41 Å². The van der Waals surface area contributed by atoms with Crippen LogP contribution in [0.15, 0.2) is 0 Å². The van der Waals surface area contributed by atoms with Gasteiger partial charge < -0.3 is 5.32 Å². The smallest absolute Gasteiger partial charge is 0.00697 e. The number of rotatable bonds is 3. The molecular formula is C16H31N. The Morgan fingerprint density at radius 3 is 2.24 bits per heavy atom. The highest BCUT2D eigenvalue weighted by Gasteiger charge is 2.31. The molecule has 1 nitrogen and oxygen atoms in total. The summed E-state index contributed by atoms with van der Waals surface area (Å²) in [5.41, 5.74) is 0.511. The molecule has 0 bridgehead atoms. The van der Waals surface area contributed by atoms with Gasteiger partial charge in [0, 0.05) is 12.1 Å². The van der Waals surface area contributed by atoms with Crippen molar-refractivity contribution in [3.63, 3.8) is 0 Å². The Labute approximate surface area is 108 Å². The molecule has 1 N–H and O–H groups in total. The molecule has 1 heteroatoms. The molecule has 0 heterocycles. The van der Waals surface area contributed by atoms with E-state index in [1.807, 2.05) is 0 Å². The standard InChI is InChI=1S/C16H31N/c1-12(13-8-9-13)17-15-7-5-6-14(10-11-15)16(2,3)4/h12-15,17H,5-11H2,1-4H3. The summed E-state index contributed by atoms with van der Waals surface area (Å²) in [6.45, 7) is 9.64. The summed E-state index contributed by atoms with van der Waals surface area (Å²) in [5.74, 6) is 1.93. The Morgan fingerprint density at radius 2 is 1.65 bits per heavy atom. The first-order valence-corrected chi connectivity index (χ1v) is 7.73. The highest BCUT2D eigenvalue weighted by molar-refractivity contribution is 4.87. The lowest BCUT2D eigenvalue weighted by atomic mass is 9.76. The van der Waals surface area contributed by atoms with Crippen LogP contribution in [-0.2, 0) is 0 Å². The van der Waals surface area contributed by atoms with Crippen LogP contribution in [0.1, 0.15) is 72.6 Å². The molecule has 0 aromatic carbocycles. The first kappa shape index (κ1) is 13.4. The van der Waals surface area contributed by atoms with Gasteiger partial charge in [0.05, 0.1) is 0 Å². The molecule has 2 aliphatic carbocycles. The summed E-state index contributed by atoms with van der Waals surface area (Å²) in [6.07, 6.45) is 10.0. The molecule has 0 spiro atoms. The van der Waals surface area contributed by atoms with Gasteiger partial charge in [-0.25, -0.2) is 0 Å². The normalized spacial score (nSPS) is 33.2. The van der Waals surface area contributed by atoms with E-state index in [1.54, 1.807) is 0 Å². The third-order valence-corrected chi connectivity index (χ3v) is 5.02. The van der Waals surface area contributed by atoms with Gasteiger partial charge in [0.15, 0.2) is 0 Å². The van der Waals surface area contributed by atoms with E-state index >= 15 is 0 Å². The van der Waals surface area contributed by atoms with Gasteiger partial charge >= 0.3 is 0 Å². The zero-order chi connectivity index (χ0) is 12.5. The molecule has 2 rings (SSSR count). The van der Waals surface area contributed by atoms with Gasteiger partial charge in [-0.3, -0.25) is 0 Å². The second-order valence-corrected chi connectivity index (χ2v) is 7.56. The highest BCUT2D eigenvalue weighted by atomic mass is 15.0. The summed E-state index contributed by atoms with van der Waals surface area (Å²) < 4.78 is 0. The molecule has 2 saturated carbocycles. The lowest BCUT2D eigenvalue weighted by Crippen LogP contribution is -2.37. The van der Waals surface area contributed by atoms with E-state index < -0.39 is 0 Å². The third kappa shape index (κ3) is 3.98. The monoisotopic (exact) mass is 237 g/mol. The van der Waals surface area contributed by atoms with Crippen molar-refractivity contribution in [1.82, 2.24) is 5.32 Å². The summed E-state index contributed by atoms with van der Waals surface area (Å²) >= 11 is 0. The second-order valence-electron chi connectivity index (χ2n) is 7.56. The van der Waals surface area contributed by atoms with Crippen LogP contribution >= 0.6 is 0 Å². The van der Waals surface area contributed by atoms with E-state index in [9.17, 15) is 0 Å². The van der Waals surface area contributed by atoms with Crippen LogP contribution in [0.4, 0.5) is 0 Å². The quantitative estimate of drug-likeness (QED) is 0.719. The molecule has 100 valence electrons. The predicted octanol–water partition coefficient (Wildman–Crippen LogP) is 4.37. The lowest BCUT2D eigenvalue weighted by molar-refractivity contribution is 0.213. The maximum atomic E-state index is 3.89. The van der Waals surface area contributed by atoms with Crippen molar-refractivity contribution in [2.24, 2.45) is 17.3 Å². The average molecular weight is 237 g/mol. The van der Waals surface area contributed by atoms with Crippen LogP contribution < -0.4 is 5.32 Å². The van der Waals surface area contributed by atoms with Crippen molar-refractivity contribution < 1.29 is 0 Å². The molecule has 0 saturated heterocycles. The topological polar surface area (TPSA) is 12.0 Å². The van der Waals surface area contributed by atoms with Crippen molar-refractivity contribution in [3.05, 3.63) is 0 Å². The maximum absolute atomic E-state index is 3.89. The Kier molecular flexibility index (Phi) is 4.18. The molecular weight excluding hydrogens is 206 g/mol. The molecule has 0 aromatic heterocycles. The van der Waals surface area contributed by atoms with E-state index in [1.165, 1.54) is 44.9 Å². The number of hydrogen-bond donors (Lipinski definition) is 1. The molecule has 2 aliphatic rings. The van der Waals surface area contributed by atoms with Crippen LogP contribution in [0.3, 0.4) is 0 Å². The van der Waals surface area contributed by atoms with Crippen molar-refractivity contribution in [3.8, 4) is 0 Å². The molecule has 3 atom stereocenters. The fourth-order valence-corrected chi connectivity index (χ4v) is 3.44. The van der Waals surface area contributed by atoms with Gasteiger partial charge in [0.2, 0.25) is 0 Å². The summed E-state index contributed by atoms with van der Waals surface area (Å²) in [6, 6.07) is 1.57. The van der Waals surface area contributed by atoms with Crippen LogP contribution in [0.2, 0.25) is 0 Å². The first-order chi connectivity index (χ1) is 7.97. The molecule has 17 heavy (non-hydrogen) atoms. The van der Waals surface area contributed by atoms with E-state index in [4.69, 9.17) is 0 Å². The molecule has 0 amide bonds. The summed E-state index contributed by atoms with van der Waals surface area (Å²) in [5, 5.41) is 3.89. The average Bonchev–Trinajstić information content (AvgIpc) is 3.03. The van der Waals surface area contributed by atoms with Gasteiger partial charge in [-0.2, -0.15) is 0 Å². The Bertz CT molecular complexity index is 236. The van der Waals surface area contributed by atoms with Crippen molar-refractivity contribution in [2.45, 2.75) is 84.7 Å². The van der Waals surface area contributed by atoms with Gasteiger partial charge in [-0.1, -0.05) is 27.2 Å². The van der Waals surface area contributed by atoms with Gasteiger partial charge in [-0.15, -0.1) is 0 Å². The van der Waals surface area contributed by atoms with Crippen LogP contribution in [0.5, 0.6) is 0 Å². The minimum Gasteiger partial charge on any atom is -0.311 e. The van der Waals surface area contributed by atoms with E-state index in [2.05, 4.69) is 33.0 Å². The van der Waals surface area contributed by atoms with Gasteiger partial charge in [0.1, 0.15) is 0 Å². The van der Waals surface area contributed by atoms with Crippen LogP contribution in [0, 0.1) is 17.3 Å². The lowest BCUT2D eigenvalue weighted by Gasteiger charge is -2.30. The molecule has 0 aliphatic heterocycles. The Morgan fingerprint density at radius 1 is 0.941 bits per heavy atom. The predicted molar refractivity (Wildman–Crippen MR) is 75.1 cm³/mol. The largest absolute Gasteiger partial charge is 0.311 e. The van der Waals surface area contributed by atoms with Crippen molar-refractivity contribution in [2.75, 3.05) is 0 Å². The third-order valence-electron chi connectivity index (χ3n) is 5.02. The fourth-order valence-electron chi connectivity index (χ4n) is 3.44. The van der Waals surface area contributed by atoms with Crippen LogP contribution in [0.25, 0.3) is 0 Å². The molecule has 3 unspecified atom stereocenters. The zero-order valence-electron chi connectivity index (χ0n) is 12.3. The van der Waals surface area contributed by atoms with E-state index in [0.717, 1.165) is 23.9 Å². The molecule has 2 fully saturated rings. The van der Waals surface area contributed by atoms with Crippen molar-refractivity contribution in [1.29, 1.82) is 0 Å². The van der Waals surface area contributed by atoms with Crippen molar-refractivity contribution >= 4 is 0 Å². The minimum atomic E-state index is 0.511. The second kappa shape index (κ2) is 5.30. The first-order valence-electron chi connectivity index (χ1n) is 7.73. The van der Waals surface area contributed by atoms with Crippen LogP contribution in [-0.4, -0.2) is 12.1 Å². The number of nitrogens with one attached hydrogen (secondary N) is 1. The summed E-state index contributed by atoms with van der Waals surface area (Å²) in [7, 11) is 0. The van der Waals surface area contributed by atoms with Gasteiger partial charge in [-0.05, 0) is 62.7 Å². The number of hydrogen-bond acceptors (Lipinski definition) is 1. The maximum Gasteiger partial charge on any atom is 0.00697 e. The Balaban J connectivity index is 1.78. The summed E-state index contributed by atoms with van der Waals surface area (Å²) in [4.78, 5) is 0. The minimum absolute atomic E-state index is 0.511. The van der Waals surface area contributed by atoms with E-state index in [-0.39, 0.29) is 0 Å². The molecule has 0 aromatic rings. The highest BCUT2D eigenvalue weighted by Crippen LogP contribution is 2.38. The zero-order valence-corrected chi connectivity index (χ0v) is 12.3. The van der Waals surface area contributed by atoms with Gasteiger partial charge in [0.25, 0.3) is 0 Å². The fraction of sp³-hybridized carbons (Fsp3) is 1.00. The molecule has 0 radical (unpaired) electrons. The Hall–Kier alpha value is -0.0400. The SMILES string of the molecule is CC(NC1CCCC(C(C)(C)C)CC1)C1CC1.